The summed E-state index contributed by atoms with van der Waals surface area (Å²) >= 11 is 0. The number of ether oxygens (including phenoxy) is 9. The van der Waals surface area contributed by atoms with Gasteiger partial charge in [-0.2, -0.15) is 0 Å². The topological polar surface area (TPSA) is 132 Å². The highest BCUT2D eigenvalue weighted by Gasteiger charge is 2.57. The van der Waals surface area contributed by atoms with Gasteiger partial charge >= 0.3 is 0 Å². The first-order chi connectivity index (χ1) is 25.7. The first kappa shape index (κ1) is 34.9. The summed E-state index contributed by atoms with van der Waals surface area (Å²) in [6.45, 7) is 1.29. The Balaban J connectivity index is 1.12. The van der Waals surface area contributed by atoms with Crippen LogP contribution >= 0.6 is 0 Å². The molecule has 4 aliphatic rings. The summed E-state index contributed by atoms with van der Waals surface area (Å²) in [5.74, 6) is 0. The van der Waals surface area contributed by atoms with Gasteiger partial charge in [0, 0.05) is 10.5 Å². The van der Waals surface area contributed by atoms with Gasteiger partial charge in [-0.3, -0.25) is 0 Å². The standard InChI is InChI=1S/C40H41N3O9/c41-43-42-32-35(44-21-26-13-5-1-6-14-26)33(30-25-48-39(32)49-30)52-40-37(46-23-28-17-9-3-10-18-28)36(45-22-27-15-7-2-8-16-27)34-31(50-40)24-47-38(51-34)29-19-11-4-12-20-29/h1-20,30-40H,21-25H2/t30-,31-,32-,33-,34-,35-,36+,37-,38-,39-,40+/m1/s1. The summed E-state index contributed by atoms with van der Waals surface area (Å²) in [5.41, 5.74) is 13.4. The lowest BCUT2D eigenvalue weighted by molar-refractivity contribution is -0.385. The van der Waals surface area contributed by atoms with Crippen molar-refractivity contribution in [1.29, 1.82) is 0 Å². The molecule has 270 valence electrons. The van der Waals surface area contributed by atoms with Gasteiger partial charge in [0.25, 0.3) is 0 Å². The van der Waals surface area contributed by atoms with Gasteiger partial charge in [0.2, 0.25) is 0 Å². The van der Waals surface area contributed by atoms with E-state index in [1.807, 2.05) is 121 Å². The molecule has 4 aromatic carbocycles. The summed E-state index contributed by atoms with van der Waals surface area (Å²) in [6, 6.07) is 38.6. The number of benzene rings is 4. The van der Waals surface area contributed by atoms with Crippen LogP contribution in [0.4, 0.5) is 0 Å². The van der Waals surface area contributed by atoms with E-state index >= 15 is 0 Å². The highest BCUT2D eigenvalue weighted by Crippen LogP contribution is 2.40. The van der Waals surface area contributed by atoms with E-state index < -0.39 is 67.6 Å². The molecule has 0 unspecified atom stereocenters. The lowest BCUT2D eigenvalue weighted by Crippen LogP contribution is -2.65. The molecule has 0 aromatic heterocycles. The molecule has 12 nitrogen and oxygen atoms in total. The second-order valence-corrected chi connectivity index (χ2v) is 13.2. The summed E-state index contributed by atoms with van der Waals surface area (Å²) in [6.07, 6.45) is -6.89. The minimum atomic E-state index is -0.980. The summed E-state index contributed by atoms with van der Waals surface area (Å²) in [5, 5.41) is 4.06. The average Bonchev–Trinajstić information content (AvgIpc) is 3.65. The van der Waals surface area contributed by atoms with Crippen LogP contribution in [0.1, 0.15) is 28.5 Å². The van der Waals surface area contributed by atoms with E-state index in [1.165, 1.54) is 0 Å². The van der Waals surface area contributed by atoms with Gasteiger partial charge in [-0.25, -0.2) is 0 Å². The van der Waals surface area contributed by atoms with Crippen molar-refractivity contribution < 1.29 is 42.6 Å². The number of nitrogens with zero attached hydrogens (tertiary/aromatic N) is 3. The van der Waals surface area contributed by atoms with E-state index in [4.69, 9.17) is 42.6 Å². The summed E-state index contributed by atoms with van der Waals surface area (Å²) < 4.78 is 58.7. The Morgan fingerprint density at radius 1 is 0.577 bits per heavy atom. The fraction of sp³-hybridized carbons (Fsp3) is 0.400. The fourth-order valence-corrected chi connectivity index (χ4v) is 7.15. The van der Waals surface area contributed by atoms with E-state index in [-0.39, 0.29) is 26.4 Å². The van der Waals surface area contributed by atoms with E-state index in [0.717, 1.165) is 22.3 Å². The van der Waals surface area contributed by atoms with Gasteiger partial charge < -0.3 is 42.6 Å². The monoisotopic (exact) mass is 707 g/mol. The predicted octanol–water partition coefficient (Wildman–Crippen LogP) is 6.40. The average molecular weight is 708 g/mol. The first-order valence-electron chi connectivity index (χ1n) is 17.6. The molecular formula is C40H41N3O9. The summed E-state index contributed by atoms with van der Waals surface area (Å²) in [7, 11) is 0. The minimum absolute atomic E-state index is 0.227. The second kappa shape index (κ2) is 16.7. The molecule has 0 saturated carbocycles. The van der Waals surface area contributed by atoms with E-state index in [0.29, 0.717) is 6.61 Å². The van der Waals surface area contributed by atoms with Crippen molar-refractivity contribution in [3.8, 4) is 0 Å². The smallest absolute Gasteiger partial charge is 0.187 e. The first-order valence-corrected chi connectivity index (χ1v) is 17.6. The van der Waals surface area contributed by atoms with Crippen molar-refractivity contribution in [1.82, 2.24) is 0 Å². The molecule has 0 aliphatic carbocycles. The Morgan fingerprint density at radius 2 is 1.12 bits per heavy atom. The van der Waals surface area contributed by atoms with Crippen LogP contribution in [0.2, 0.25) is 0 Å². The maximum Gasteiger partial charge on any atom is 0.187 e. The zero-order valence-electron chi connectivity index (χ0n) is 28.4. The third kappa shape index (κ3) is 7.92. The van der Waals surface area contributed by atoms with Crippen LogP contribution in [0.15, 0.2) is 126 Å². The highest BCUT2D eigenvalue weighted by molar-refractivity contribution is 5.18. The van der Waals surface area contributed by atoms with Crippen molar-refractivity contribution in [3.05, 3.63) is 154 Å². The molecule has 0 N–H and O–H groups in total. The van der Waals surface area contributed by atoms with Crippen molar-refractivity contribution in [2.45, 2.75) is 87.5 Å². The highest BCUT2D eigenvalue weighted by atomic mass is 16.8. The zero-order valence-corrected chi connectivity index (χ0v) is 28.4. The van der Waals surface area contributed by atoms with Crippen LogP contribution < -0.4 is 0 Å². The minimum Gasteiger partial charge on any atom is -0.370 e. The summed E-state index contributed by atoms with van der Waals surface area (Å²) in [4.78, 5) is 3.11. The van der Waals surface area contributed by atoms with Gasteiger partial charge in [0.15, 0.2) is 18.9 Å². The number of hydrogen-bond donors (Lipinski definition) is 0. The number of fused-ring (bicyclic) bond motifs is 3. The van der Waals surface area contributed by atoms with Gasteiger partial charge in [-0.15, -0.1) is 0 Å². The molecule has 12 heteroatoms. The zero-order chi connectivity index (χ0) is 35.1. The maximum atomic E-state index is 9.56. The second-order valence-electron chi connectivity index (χ2n) is 13.2. The molecule has 11 atom stereocenters. The molecule has 4 heterocycles. The van der Waals surface area contributed by atoms with E-state index in [9.17, 15) is 5.53 Å². The molecule has 0 radical (unpaired) electrons. The third-order valence-electron chi connectivity index (χ3n) is 9.73. The van der Waals surface area contributed by atoms with Gasteiger partial charge in [-0.1, -0.05) is 126 Å². The molecule has 4 aromatic rings. The van der Waals surface area contributed by atoms with E-state index in [2.05, 4.69) is 10.0 Å². The van der Waals surface area contributed by atoms with Gasteiger partial charge in [0.05, 0.1) is 33.0 Å². The van der Waals surface area contributed by atoms with Gasteiger partial charge in [-0.05, 0) is 22.2 Å². The quantitative estimate of drug-likeness (QED) is 0.0880. The molecule has 0 amide bonds. The fourth-order valence-electron chi connectivity index (χ4n) is 7.15. The van der Waals surface area contributed by atoms with Crippen LogP contribution in [0.25, 0.3) is 10.4 Å². The molecule has 8 rings (SSSR count). The Hall–Kier alpha value is -4.17. The predicted molar refractivity (Wildman–Crippen MR) is 186 cm³/mol. The Morgan fingerprint density at radius 3 is 1.71 bits per heavy atom. The van der Waals surface area contributed by atoms with Crippen LogP contribution in [-0.2, 0) is 62.5 Å². The van der Waals surface area contributed by atoms with Crippen molar-refractivity contribution in [3.63, 3.8) is 0 Å². The molecule has 4 saturated heterocycles. The van der Waals surface area contributed by atoms with Crippen molar-refractivity contribution in [2.75, 3.05) is 13.2 Å². The van der Waals surface area contributed by atoms with Crippen LogP contribution in [-0.4, -0.2) is 74.6 Å². The molecule has 0 spiro atoms. The number of azide groups is 1. The molecule has 4 aliphatic heterocycles. The lowest BCUT2D eigenvalue weighted by Gasteiger charge is -2.50. The number of hydrogen-bond acceptors (Lipinski definition) is 10. The van der Waals surface area contributed by atoms with Crippen molar-refractivity contribution in [2.24, 2.45) is 5.11 Å². The maximum absolute atomic E-state index is 9.56. The molecule has 2 bridgehead atoms. The third-order valence-corrected chi connectivity index (χ3v) is 9.73. The normalized spacial score (nSPS) is 32.4. The van der Waals surface area contributed by atoms with Crippen LogP contribution in [0.5, 0.6) is 0 Å². The van der Waals surface area contributed by atoms with Gasteiger partial charge in [0.1, 0.15) is 48.8 Å². The Labute approximate surface area is 302 Å². The van der Waals surface area contributed by atoms with Crippen LogP contribution in [0, 0.1) is 0 Å². The van der Waals surface area contributed by atoms with Crippen LogP contribution in [0.3, 0.4) is 0 Å². The lowest BCUT2D eigenvalue weighted by atomic mass is 9.95. The van der Waals surface area contributed by atoms with Crippen molar-refractivity contribution >= 4 is 0 Å². The molecular weight excluding hydrogens is 666 g/mol. The SMILES string of the molecule is [N-]=[N+]=N[C@H]1[C@@H]2OC[C@@H](O2)[C@@H](O[C@@H]2O[C@@H]3CO[C@@H](c4ccccc4)O[C@H]3[C@H](OCc3ccccc3)[C@H]2OCc2ccccc2)[C@@H]1OCc1ccccc1. The Kier molecular flexibility index (Phi) is 11.2. The Bertz CT molecular complexity index is 1750. The molecule has 4 fully saturated rings. The number of rotatable bonds is 13. The van der Waals surface area contributed by atoms with E-state index in [1.54, 1.807) is 0 Å². The molecule has 52 heavy (non-hydrogen) atoms. The largest absolute Gasteiger partial charge is 0.370 e.